The molecule has 8 heteroatoms. The van der Waals surface area contributed by atoms with Crippen molar-refractivity contribution >= 4 is 0 Å². The molecule has 0 fully saturated rings. The lowest BCUT2D eigenvalue weighted by Gasteiger charge is -1.98. The number of aryl methyl sites for hydroxylation is 7. The van der Waals surface area contributed by atoms with Gasteiger partial charge in [-0.25, -0.2) is 9.97 Å². The molecule has 0 radical (unpaired) electrons. The topological polar surface area (TPSA) is 71.3 Å². The molecule has 0 atom stereocenters. The third kappa shape index (κ3) is 7.42. The summed E-state index contributed by atoms with van der Waals surface area (Å²) < 4.78 is 8.00. The summed E-state index contributed by atoms with van der Waals surface area (Å²) in [6.07, 6.45) is 0. The Morgan fingerprint density at radius 1 is 0.417 bits per heavy atom. The van der Waals surface area contributed by atoms with Crippen molar-refractivity contribution in [1.82, 2.24) is 38.7 Å². The number of hydrogen-bond donors (Lipinski definition) is 0. The molecule has 4 heterocycles. The van der Waals surface area contributed by atoms with Crippen molar-refractivity contribution in [2.24, 2.45) is 28.2 Å². The lowest BCUT2D eigenvalue weighted by atomic mass is 10.2. The molecule has 200 valence electrons. The molecule has 0 amide bonds. The summed E-state index contributed by atoms with van der Waals surface area (Å²) in [5.74, 6) is 2.89. The molecule has 0 saturated carbocycles. The van der Waals surface area contributed by atoms with E-state index in [4.69, 9.17) is 0 Å². The van der Waals surface area contributed by atoms with E-state index in [9.17, 15) is 0 Å². The molecular weight excluding hydrogens is 448 g/mol. The Morgan fingerprint density at radius 3 is 1.03 bits per heavy atom. The van der Waals surface area contributed by atoms with Gasteiger partial charge in [0, 0.05) is 51.0 Å². The van der Waals surface area contributed by atoms with Crippen LogP contribution in [0, 0.1) is 83.1 Å². The van der Waals surface area contributed by atoms with Crippen LogP contribution < -0.4 is 0 Å². The van der Waals surface area contributed by atoms with Gasteiger partial charge < -0.3 is 9.13 Å². The Balaban J connectivity index is 0.000000241. The molecule has 4 aromatic rings. The second-order valence-electron chi connectivity index (χ2n) is 9.62. The Morgan fingerprint density at radius 2 is 0.917 bits per heavy atom. The van der Waals surface area contributed by atoms with Crippen LogP contribution in [0.15, 0.2) is 0 Å². The Bertz CT molecular complexity index is 1100. The van der Waals surface area contributed by atoms with Gasteiger partial charge in [-0.1, -0.05) is 0 Å². The highest BCUT2D eigenvalue weighted by atomic mass is 15.3. The minimum atomic E-state index is 0.838. The van der Waals surface area contributed by atoms with Crippen molar-refractivity contribution < 1.29 is 0 Å². The van der Waals surface area contributed by atoms with Gasteiger partial charge in [-0.05, 0) is 99.8 Å². The van der Waals surface area contributed by atoms with Crippen LogP contribution in [0.3, 0.4) is 0 Å². The van der Waals surface area contributed by atoms with Crippen LogP contribution in [0.5, 0.6) is 0 Å². The SMILES string of the molecule is Cc1c(C)c(C)n(C)c1C.Cc1nc(C)n(C)c1C.Cc1nc(C)n(C)n1.Cc1nn(C)c(C)c1C. The Hall–Kier alpha value is -3.16. The lowest BCUT2D eigenvalue weighted by molar-refractivity contribution is 0.728. The van der Waals surface area contributed by atoms with E-state index in [1.54, 1.807) is 4.68 Å². The number of aromatic nitrogens is 8. The summed E-state index contributed by atoms with van der Waals surface area (Å²) in [7, 11) is 8.00. The number of imidazole rings is 1. The van der Waals surface area contributed by atoms with E-state index in [0.29, 0.717) is 0 Å². The molecule has 8 nitrogen and oxygen atoms in total. The fourth-order valence-electron chi connectivity index (χ4n) is 3.68. The third-order valence-corrected chi connectivity index (χ3v) is 7.45. The monoisotopic (exact) mass is 496 g/mol. The molecule has 4 aromatic heterocycles. The number of hydrogen-bond acceptors (Lipinski definition) is 4. The molecule has 4 rings (SSSR count). The van der Waals surface area contributed by atoms with Crippen LogP contribution in [-0.4, -0.2) is 38.7 Å². The normalized spacial score (nSPS) is 10.2. The maximum atomic E-state index is 4.27. The summed E-state index contributed by atoms with van der Waals surface area (Å²) >= 11 is 0. The van der Waals surface area contributed by atoms with E-state index in [2.05, 4.69) is 84.8 Å². The van der Waals surface area contributed by atoms with E-state index < -0.39 is 0 Å². The summed E-state index contributed by atoms with van der Waals surface area (Å²) in [6.45, 7) is 24.8. The lowest BCUT2D eigenvalue weighted by Crippen LogP contribution is -1.92. The zero-order chi connectivity index (χ0) is 28.1. The molecule has 0 unspecified atom stereocenters. The van der Waals surface area contributed by atoms with Crippen molar-refractivity contribution in [3.8, 4) is 0 Å². The summed E-state index contributed by atoms with van der Waals surface area (Å²) in [5.41, 5.74) is 11.7. The van der Waals surface area contributed by atoms with Gasteiger partial charge in [0.25, 0.3) is 0 Å². The maximum absolute atomic E-state index is 4.27. The zero-order valence-corrected chi connectivity index (χ0v) is 25.6. The molecule has 0 spiro atoms. The van der Waals surface area contributed by atoms with E-state index in [-0.39, 0.29) is 0 Å². The smallest absolute Gasteiger partial charge is 0.147 e. The van der Waals surface area contributed by atoms with Crippen LogP contribution in [0.4, 0.5) is 0 Å². The van der Waals surface area contributed by atoms with Gasteiger partial charge in [-0.3, -0.25) is 9.36 Å². The minimum absolute atomic E-state index is 0.838. The van der Waals surface area contributed by atoms with Crippen LogP contribution in [-0.2, 0) is 28.2 Å². The van der Waals surface area contributed by atoms with Crippen molar-refractivity contribution in [1.29, 1.82) is 0 Å². The van der Waals surface area contributed by atoms with Gasteiger partial charge in [0.15, 0.2) is 0 Å². The average Bonchev–Trinajstić information content (AvgIpc) is 3.38. The van der Waals surface area contributed by atoms with Crippen LogP contribution in [0.1, 0.15) is 68.3 Å². The Kier molecular flexibility index (Phi) is 10.9. The molecule has 0 N–H and O–H groups in total. The van der Waals surface area contributed by atoms with E-state index in [1.165, 1.54) is 39.5 Å². The first-order valence-corrected chi connectivity index (χ1v) is 12.4. The van der Waals surface area contributed by atoms with Gasteiger partial charge in [-0.15, -0.1) is 0 Å². The van der Waals surface area contributed by atoms with Crippen molar-refractivity contribution in [3.63, 3.8) is 0 Å². The second kappa shape index (κ2) is 12.7. The summed E-state index contributed by atoms with van der Waals surface area (Å²) in [4.78, 5) is 8.34. The van der Waals surface area contributed by atoms with Crippen molar-refractivity contribution in [2.45, 2.75) is 83.1 Å². The van der Waals surface area contributed by atoms with E-state index in [1.807, 2.05) is 60.4 Å². The first-order chi connectivity index (χ1) is 16.5. The molecule has 0 aliphatic heterocycles. The van der Waals surface area contributed by atoms with Gasteiger partial charge in [0.1, 0.15) is 17.5 Å². The highest BCUT2D eigenvalue weighted by molar-refractivity contribution is 5.34. The minimum Gasteiger partial charge on any atom is -0.352 e. The third-order valence-electron chi connectivity index (χ3n) is 7.45. The largest absolute Gasteiger partial charge is 0.352 e. The predicted octanol–water partition coefficient (Wildman–Crippen LogP) is 5.38. The molecule has 36 heavy (non-hydrogen) atoms. The van der Waals surface area contributed by atoms with Crippen molar-refractivity contribution in [2.75, 3.05) is 0 Å². The standard InChI is InChI=1S/C9H15N.2C7H12N2.C5H9N3/c1-6-7(2)9(4)10(5)8(6)3;1-5-6(2)9(4)7(3)8-5;1-5-6(2)8-9(4)7(5)3;1-4-6-5(2)8(3)7-4/h1-5H3;2*1-4H3;1-3H3. The fraction of sp³-hybridized carbons (Fsp3) is 0.571. The van der Waals surface area contributed by atoms with Crippen molar-refractivity contribution in [3.05, 3.63) is 68.3 Å². The molecule has 0 aliphatic carbocycles. The van der Waals surface area contributed by atoms with Gasteiger partial charge in [0.2, 0.25) is 0 Å². The van der Waals surface area contributed by atoms with Gasteiger partial charge in [0.05, 0.1) is 11.4 Å². The van der Waals surface area contributed by atoms with Gasteiger partial charge >= 0.3 is 0 Å². The first-order valence-electron chi connectivity index (χ1n) is 12.4. The maximum Gasteiger partial charge on any atom is 0.147 e. The van der Waals surface area contributed by atoms with Gasteiger partial charge in [-0.2, -0.15) is 10.2 Å². The van der Waals surface area contributed by atoms with E-state index in [0.717, 1.165) is 28.9 Å². The fourth-order valence-corrected chi connectivity index (χ4v) is 3.68. The number of nitrogens with zero attached hydrogens (tertiary/aromatic N) is 8. The molecule has 0 aliphatic rings. The average molecular weight is 497 g/mol. The number of rotatable bonds is 0. The molecule has 0 saturated heterocycles. The molecule has 0 bridgehead atoms. The highest BCUT2D eigenvalue weighted by Crippen LogP contribution is 2.18. The first kappa shape index (κ1) is 30.9. The molecule has 0 aromatic carbocycles. The zero-order valence-electron chi connectivity index (χ0n) is 25.6. The quantitative estimate of drug-likeness (QED) is 0.328. The molecular formula is C28H48N8. The summed E-state index contributed by atoms with van der Waals surface area (Å²) in [5, 5.41) is 8.24. The van der Waals surface area contributed by atoms with E-state index >= 15 is 0 Å². The van der Waals surface area contributed by atoms with Crippen LogP contribution in [0.2, 0.25) is 0 Å². The second-order valence-corrected chi connectivity index (χ2v) is 9.62. The Labute approximate surface area is 218 Å². The predicted molar refractivity (Wildman–Crippen MR) is 150 cm³/mol. The summed E-state index contributed by atoms with van der Waals surface area (Å²) in [6, 6.07) is 0. The van der Waals surface area contributed by atoms with Crippen LogP contribution >= 0.6 is 0 Å². The highest BCUT2D eigenvalue weighted by Gasteiger charge is 2.06. The van der Waals surface area contributed by atoms with Crippen LogP contribution in [0.25, 0.3) is 0 Å².